The van der Waals surface area contributed by atoms with E-state index in [1.165, 1.54) is 12.1 Å². The number of hydrogen-bond acceptors (Lipinski definition) is 2. The first kappa shape index (κ1) is 9.57. The van der Waals surface area contributed by atoms with E-state index in [1.54, 1.807) is 0 Å². The van der Waals surface area contributed by atoms with E-state index in [-0.39, 0.29) is 4.90 Å². The largest absolute Gasteiger partial charge is 0.374 e. The van der Waals surface area contributed by atoms with Crippen molar-refractivity contribution in [2.45, 2.75) is 4.90 Å². The Bertz CT molecular complexity index is 463. The molecular weight excluding hydrogens is 195 g/mol. The van der Waals surface area contributed by atoms with Gasteiger partial charge in [0.25, 0.3) is 9.84 Å². The number of hydrogen-bond donors (Lipinski definition) is 0. The molecule has 0 amide bonds. The van der Waals surface area contributed by atoms with Crippen LogP contribution < -0.4 is 0 Å². The van der Waals surface area contributed by atoms with Crippen LogP contribution in [0, 0.1) is 5.82 Å². The molecule has 0 aliphatic carbocycles. The molecule has 1 aromatic carbocycles. The first-order chi connectivity index (χ1) is 6.06. The summed E-state index contributed by atoms with van der Waals surface area (Å²) in [6, 6.07) is 4.43. The van der Waals surface area contributed by atoms with Gasteiger partial charge in [-0.05, 0) is 18.2 Å². The van der Waals surface area contributed by atoms with Crippen molar-refractivity contribution in [3.8, 4) is 0 Å². The number of halogens is 1. The number of nitrogens with zero attached hydrogens (tertiary/aromatic N) is 2. The predicted octanol–water partition coefficient (Wildman–Crippen LogP) is 0.858. The van der Waals surface area contributed by atoms with Gasteiger partial charge in [0.2, 0.25) is 0 Å². The Morgan fingerprint density at radius 1 is 1.46 bits per heavy atom. The number of benzene rings is 1. The summed E-state index contributed by atoms with van der Waals surface area (Å²) in [5.74, 6) is -0.660. The second kappa shape index (κ2) is 3.47. The lowest BCUT2D eigenvalue weighted by Crippen LogP contribution is -2.02. The van der Waals surface area contributed by atoms with Crippen LogP contribution in [0.25, 0.3) is 5.53 Å². The van der Waals surface area contributed by atoms with E-state index in [0.29, 0.717) is 5.55 Å². The topological polar surface area (TPSA) is 70.5 Å². The van der Waals surface area contributed by atoms with Crippen molar-refractivity contribution in [1.29, 1.82) is 0 Å². The van der Waals surface area contributed by atoms with Gasteiger partial charge < -0.3 is 5.53 Å². The van der Waals surface area contributed by atoms with Gasteiger partial charge in [-0.2, -0.15) is 4.79 Å². The summed E-state index contributed by atoms with van der Waals surface area (Å²) in [4.78, 5) is 2.13. The molecule has 0 N–H and O–H groups in total. The van der Waals surface area contributed by atoms with Crippen LogP contribution in [0.4, 0.5) is 4.39 Å². The molecule has 13 heavy (non-hydrogen) atoms. The fourth-order valence-corrected chi connectivity index (χ4v) is 1.56. The van der Waals surface area contributed by atoms with Crippen molar-refractivity contribution >= 4 is 15.4 Å². The predicted molar refractivity (Wildman–Crippen MR) is 43.3 cm³/mol. The van der Waals surface area contributed by atoms with Crippen LogP contribution in [0.1, 0.15) is 0 Å². The Kier molecular flexibility index (Phi) is 2.55. The van der Waals surface area contributed by atoms with Gasteiger partial charge in [-0.25, -0.2) is 12.8 Å². The lowest BCUT2D eigenvalue weighted by Gasteiger charge is -1.93. The molecule has 0 atom stereocenters. The van der Waals surface area contributed by atoms with E-state index in [0.717, 1.165) is 12.1 Å². The molecular formula is C7H5FN2O2S. The van der Waals surface area contributed by atoms with Crippen LogP contribution in [0.2, 0.25) is 0 Å². The Balaban J connectivity index is 3.31. The van der Waals surface area contributed by atoms with Gasteiger partial charge in [0.15, 0.2) is 0 Å². The second-order valence-electron chi connectivity index (χ2n) is 2.22. The normalized spacial score (nSPS) is 10.5. The Hall–Kier alpha value is -1.52. The molecule has 0 aromatic heterocycles. The van der Waals surface area contributed by atoms with Crippen molar-refractivity contribution < 1.29 is 17.6 Å². The van der Waals surface area contributed by atoms with Gasteiger partial charge in [-0.1, -0.05) is 6.07 Å². The zero-order chi connectivity index (χ0) is 9.90. The van der Waals surface area contributed by atoms with Crippen LogP contribution in [-0.2, 0) is 9.84 Å². The third-order valence-electron chi connectivity index (χ3n) is 1.31. The average molecular weight is 200 g/mol. The van der Waals surface area contributed by atoms with Crippen LogP contribution in [0.3, 0.4) is 0 Å². The molecule has 0 fully saturated rings. The summed E-state index contributed by atoms with van der Waals surface area (Å²) in [6.07, 6.45) is 0. The third kappa shape index (κ3) is 2.21. The number of sulfone groups is 1. The molecule has 4 nitrogen and oxygen atoms in total. The fourth-order valence-electron chi connectivity index (χ4n) is 0.767. The highest BCUT2D eigenvalue weighted by molar-refractivity contribution is 8.04. The highest BCUT2D eigenvalue weighted by Gasteiger charge is 2.15. The Morgan fingerprint density at radius 2 is 2.15 bits per heavy atom. The molecule has 0 aliphatic heterocycles. The zero-order valence-corrected chi connectivity index (χ0v) is 7.20. The van der Waals surface area contributed by atoms with E-state index in [4.69, 9.17) is 5.53 Å². The molecule has 6 heteroatoms. The van der Waals surface area contributed by atoms with Crippen molar-refractivity contribution in [2.75, 3.05) is 0 Å². The monoisotopic (exact) mass is 200 g/mol. The van der Waals surface area contributed by atoms with Gasteiger partial charge in [0, 0.05) is 0 Å². The van der Waals surface area contributed by atoms with Crippen LogP contribution in [0.5, 0.6) is 0 Å². The molecule has 0 heterocycles. The summed E-state index contributed by atoms with van der Waals surface area (Å²) < 4.78 is 34.8. The van der Waals surface area contributed by atoms with Gasteiger partial charge in [0.1, 0.15) is 5.82 Å². The molecule has 1 rings (SSSR count). The lowest BCUT2D eigenvalue weighted by molar-refractivity contribution is 0.00754. The average Bonchev–Trinajstić information content (AvgIpc) is 2.04. The van der Waals surface area contributed by atoms with Gasteiger partial charge in [0.05, 0.1) is 4.90 Å². The fraction of sp³-hybridized carbons (Fsp3) is 0. The van der Waals surface area contributed by atoms with E-state index < -0.39 is 15.7 Å². The highest BCUT2D eigenvalue weighted by atomic mass is 32.2. The lowest BCUT2D eigenvalue weighted by atomic mass is 10.4. The molecule has 68 valence electrons. The van der Waals surface area contributed by atoms with Crippen LogP contribution >= 0.6 is 0 Å². The van der Waals surface area contributed by atoms with Crippen LogP contribution in [-0.4, -0.2) is 18.8 Å². The molecule has 0 unspecified atom stereocenters. The summed E-state index contributed by atoms with van der Waals surface area (Å²) in [5.41, 5.74) is 8.38. The van der Waals surface area contributed by atoms with E-state index in [9.17, 15) is 12.8 Å². The maximum atomic E-state index is 12.6. The quantitative estimate of drug-likeness (QED) is 0.307. The maximum Gasteiger partial charge on any atom is 0.374 e. The molecule has 1 aromatic rings. The first-order valence-corrected chi connectivity index (χ1v) is 4.79. The highest BCUT2D eigenvalue weighted by Crippen LogP contribution is 2.09. The second-order valence-corrected chi connectivity index (χ2v) is 4.00. The van der Waals surface area contributed by atoms with E-state index in [1.807, 2.05) is 0 Å². The minimum atomic E-state index is -3.81. The Labute approximate surface area is 74.2 Å². The van der Waals surface area contributed by atoms with Crippen molar-refractivity contribution in [1.82, 2.24) is 0 Å². The van der Waals surface area contributed by atoms with E-state index in [2.05, 4.69) is 4.79 Å². The standard InChI is InChI=1S/C7H5FN2O2S/c8-6-2-1-3-7(4-6)13(11,12)5-10-9/h1-5H. The SMILES string of the molecule is [N-]=[N+]=CS(=O)(=O)c1cccc(F)c1. The summed E-state index contributed by atoms with van der Waals surface area (Å²) >= 11 is 0. The van der Waals surface area contributed by atoms with Crippen molar-refractivity contribution in [3.63, 3.8) is 0 Å². The van der Waals surface area contributed by atoms with Gasteiger partial charge >= 0.3 is 5.55 Å². The molecule has 0 spiro atoms. The maximum absolute atomic E-state index is 12.6. The Morgan fingerprint density at radius 3 is 2.69 bits per heavy atom. The summed E-state index contributed by atoms with van der Waals surface area (Å²) in [6.45, 7) is 0. The molecule has 0 bridgehead atoms. The van der Waals surface area contributed by atoms with Crippen molar-refractivity contribution in [2.24, 2.45) is 0 Å². The molecule has 0 aliphatic rings. The molecule has 0 saturated carbocycles. The van der Waals surface area contributed by atoms with Gasteiger partial charge in [-0.3, -0.25) is 0 Å². The van der Waals surface area contributed by atoms with E-state index >= 15 is 0 Å². The number of rotatable bonds is 2. The molecule has 0 radical (unpaired) electrons. The zero-order valence-electron chi connectivity index (χ0n) is 6.38. The van der Waals surface area contributed by atoms with Crippen LogP contribution in [0.15, 0.2) is 29.2 Å². The summed E-state index contributed by atoms with van der Waals surface area (Å²) in [7, 11) is -3.81. The third-order valence-corrected chi connectivity index (χ3v) is 2.59. The molecule has 0 saturated heterocycles. The summed E-state index contributed by atoms with van der Waals surface area (Å²) in [5, 5.41) is 0. The van der Waals surface area contributed by atoms with Crippen molar-refractivity contribution in [3.05, 3.63) is 35.6 Å². The first-order valence-electron chi connectivity index (χ1n) is 3.24. The van der Waals surface area contributed by atoms with Gasteiger partial charge in [-0.15, -0.1) is 0 Å². The minimum absolute atomic E-state index is 0.245. The minimum Gasteiger partial charge on any atom is -0.361 e. The smallest absolute Gasteiger partial charge is 0.361 e.